The smallest absolute Gasteiger partial charge is 0.254 e. The van der Waals surface area contributed by atoms with Crippen LogP contribution in [0, 0.1) is 22.6 Å². The van der Waals surface area contributed by atoms with Crippen LogP contribution < -0.4 is 37.2 Å². The van der Waals surface area contributed by atoms with Crippen molar-refractivity contribution in [3.8, 4) is 17.2 Å². The molecule has 7 N–H and O–H groups in total. The molecule has 6 atom stereocenters. The summed E-state index contributed by atoms with van der Waals surface area (Å²) >= 11 is 0. The van der Waals surface area contributed by atoms with Crippen molar-refractivity contribution in [3.63, 3.8) is 0 Å². The number of rotatable bonds is 28. The minimum Gasteiger partial charge on any atom is -0.382 e. The van der Waals surface area contributed by atoms with Gasteiger partial charge in [0.25, 0.3) is 5.91 Å². The molecule has 3 fully saturated rings. The van der Waals surface area contributed by atoms with Crippen molar-refractivity contribution in [3.05, 3.63) is 94.7 Å². The summed E-state index contributed by atoms with van der Waals surface area (Å²) in [5.41, 5.74) is 10.5. The van der Waals surface area contributed by atoms with Crippen LogP contribution in [0.5, 0.6) is 0 Å². The number of likely N-dealkylation sites (tertiary alicyclic amines) is 1. The predicted octanol–water partition coefficient (Wildman–Crippen LogP) is 4.54. The van der Waals surface area contributed by atoms with Gasteiger partial charge in [-0.15, -0.1) is 0 Å². The lowest BCUT2D eigenvalue weighted by Gasteiger charge is -2.36. The Balaban J connectivity index is 0.723. The molecule has 5 amide bonds. The lowest BCUT2D eigenvalue weighted by atomic mass is 9.85. The van der Waals surface area contributed by atoms with Gasteiger partial charge >= 0.3 is 0 Å². The summed E-state index contributed by atoms with van der Waals surface area (Å²) in [6.45, 7) is 13.9. The summed E-state index contributed by atoms with van der Waals surface area (Å²) in [5.74, 6) is -1.42. The monoisotopic (exact) mass is 1160 g/mol. The maximum Gasteiger partial charge on any atom is 0.254 e. The number of nitrogens with zero attached hydrogens (tertiary/aromatic N) is 7. The van der Waals surface area contributed by atoms with Gasteiger partial charge in [0.05, 0.1) is 95.5 Å². The van der Waals surface area contributed by atoms with E-state index >= 15 is 0 Å². The Morgan fingerprint density at radius 3 is 2.27 bits per heavy atom. The van der Waals surface area contributed by atoms with Crippen molar-refractivity contribution in [1.82, 2.24) is 51.1 Å². The fourth-order valence-corrected chi connectivity index (χ4v) is 11.2. The van der Waals surface area contributed by atoms with E-state index in [1.165, 1.54) is 12.1 Å². The molecule has 2 aromatic heterocycles. The third kappa shape index (κ3) is 16.0. The number of amides is 5. The number of ether oxygens (including phenoxy) is 4. The summed E-state index contributed by atoms with van der Waals surface area (Å²) in [7, 11) is 1.68. The molecule has 4 aromatic rings. The molecule has 0 unspecified atom stereocenters. The Morgan fingerprint density at radius 2 is 1.61 bits per heavy atom. The fourth-order valence-electron chi connectivity index (χ4n) is 11.2. The standard InChI is InChI=1S/C61H84FN13O9/c1-7-47(40-12-9-8-10-13-40)69-58(78)51-34-43(37-74(51)60(80)55(61(3,4)5)70-57(77)39(2)65-6)66-21-25-82-27-29-84-31-30-83-28-26-81-24-19-53(76)67-20-23-75-52(35-63)54-41-32-50(56(64)68-36-41)72-22-11-14-49(72)46-33-42(62)15-18-45(46)59(79)73(44-16-17-44)38-48(54)71-75/h8-10,12-13,15,18,32-33,36,39,43-44,47,49,51,55,65-66H,7,11,14,16-17,19-31,34,37-38H2,1-6H3,(H2,64,68)(H,67,76)(H,69,78)(H,70,77)/t39-,43-,47+,49-,51-,55+/m1/s1. The largest absolute Gasteiger partial charge is 0.382 e. The number of benzene rings is 2. The number of pyridine rings is 1. The molecule has 5 heterocycles. The van der Waals surface area contributed by atoms with Gasteiger partial charge < -0.3 is 66.0 Å². The number of hydrogen-bond donors (Lipinski definition) is 6. The van der Waals surface area contributed by atoms with Crippen molar-refractivity contribution in [2.24, 2.45) is 5.41 Å². The lowest BCUT2D eigenvalue weighted by Crippen LogP contribution is -2.59. The van der Waals surface area contributed by atoms with Crippen LogP contribution in [0.25, 0.3) is 11.1 Å². The highest BCUT2D eigenvalue weighted by atomic mass is 19.1. The highest BCUT2D eigenvalue weighted by Gasteiger charge is 2.46. The molecular weight excluding hydrogens is 1080 g/mol. The number of nitrogens with two attached hydrogens (primary N) is 1. The van der Waals surface area contributed by atoms with Crippen molar-refractivity contribution >= 4 is 41.0 Å². The molecule has 22 nitrogen and oxygen atoms in total. The van der Waals surface area contributed by atoms with Gasteiger partial charge in [0, 0.05) is 67.6 Å². The topological polar surface area (TPSA) is 273 Å². The molecule has 1 aliphatic carbocycles. The first-order chi connectivity index (χ1) is 40.5. The minimum absolute atomic E-state index is 0.0229. The van der Waals surface area contributed by atoms with Crippen molar-refractivity contribution in [2.45, 2.75) is 135 Å². The van der Waals surface area contributed by atoms with Crippen LogP contribution in [-0.4, -0.2) is 170 Å². The SMILES string of the molecule is CC[C@H](NC(=O)[C@H]1C[C@@H](NCCOCCOCCOCCOCCC(=O)NCCn2nc3c(c2C#N)-c2cnc(N)c(c2)N2CCC[C@@H]2c2cc(F)ccc2C(=O)N(C2CC2)C3)CN1C(=O)[C@H](NC(=O)[C@@H](C)NC)C(C)(C)C)c1ccccc1. The summed E-state index contributed by atoms with van der Waals surface area (Å²) < 4.78 is 39.2. The molecular formula is C61H84FN13O9. The van der Waals surface area contributed by atoms with Crippen LogP contribution in [0.1, 0.15) is 125 Å². The Morgan fingerprint density at radius 1 is 0.905 bits per heavy atom. The zero-order valence-corrected chi connectivity index (χ0v) is 49.4. The molecule has 0 radical (unpaired) electrons. The number of likely N-dealkylation sites (N-methyl/N-ethyl adjacent to an activating group) is 1. The normalized spacial score (nSPS) is 18.8. The Kier molecular flexibility index (Phi) is 22.2. The molecule has 2 saturated heterocycles. The number of carbonyl (C=O) groups is 5. The second-order valence-corrected chi connectivity index (χ2v) is 23.0. The molecule has 0 spiro atoms. The molecule has 84 heavy (non-hydrogen) atoms. The number of nitrogens with one attached hydrogen (secondary N) is 5. The zero-order chi connectivity index (χ0) is 59.9. The van der Waals surface area contributed by atoms with Gasteiger partial charge in [-0.1, -0.05) is 58.0 Å². The van der Waals surface area contributed by atoms with Crippen LogP contribution in [0.3, 0.4) is 0 Å². The quantitative estimate of drug-likeness (QED) is 0.0426. The van der Waals surface area contributed by atoms with Crippen LogP contribution in [0.4, 0.5) is 15.9 Å². The Hall–Kier alpha value is -7.07. The van der Waals surface area contributed by atoms with E-state index in [0.29, 0.717) is 106 Å². The fraction of sp³-hybridized carbons (Fsp3) is 0.574. The maximum absolute atomic E-state index is 14.9. The third-order valence-electron chi connectivity index (χ3n) is 16.0. The Labute approximate surface area is 492 Å². The van der Waals surface area contributed by atoms with E-state index in [1.54, 1.807) is 40.7 Å². The second kappa shape index (κ2) is 29.6. The van der Waals surface area contributed by atoms with Crippen LogP contribution in [-0.2, 0) is 51.2 Å². The zero-order valence-electron chi connectivity index (χ0n) is 49.4. The van der Waals surface area contributed by atoms with Gasteiger partial charge in [-0.2, -0.15) is 10.4 Å². The first kappa shape index (κ1) is 63.0. The van der Waals surface area contributed by atoms with E-state index in [2.05, 4.69) is 42.5 Å². The number of nitrogen functional groups attached to an aromatic ring is 1. The molecule has 2 bridgehead atoms. The van der Waals surface area contributed by atoms with Crippen molar-refractivity contribution < 1.29 is 47.3 Å². The maximum atomic E-state index is 14.9. The third-order valence-corrected chi connectivity index (χ3v) is 16.0. The molecule has 23 heteroatoms. The van der Waals surface area contributed by atoms with E-state index < -0.39 is 29.4 Å². The molecule has 8 rings (SSSR count). The second-order valence-electron chi connectivity index (χ2n) is 23.0. The summed E-state index contributed by atoms with van der Waals surface area (Å²) in [6.07, 6.45) is 5.95. The van der Waals surface area contributed by atoms with Crippen molar-refractivity contribution in [1.29, 1.82) is 5.26 Å². The summed E-state index contributed by atoms with van der Waals surface area (Å²) in [4.78, 5) is 78.8. The number of halogens is 1. The Bertz CT molecular complexity index is 2950. The van der Waals surface area contributed by atoms with Gasteiger partial charge in [-0.3, -0.25) is 28.7 Å². The predicted molar refractivity (Wildman–Crippen MR) is 314 cm³/mol. The summed E-state index contributed by atoms with van der Waals surface area (Å²) in [6, 6.07) is 15.5. The number of anilines is 2. The molecule has 1 saturated carbocycles. The van der Waals surface area contributed by atoms with Crippen LogP contribution >= 0.6 is 0 Å². The average molecular weight is 1160 g/mol. The highest BCUT2D eigenvalue weighted by molar-refractivity contribution is 5.97. The van der Waals surface area contributed by atoms with E-state index in [1.807, 2.05) is 64.1 Å². The number of fused-ring (bicyclic) bond motifs is 8. The van der Waals surface area contributed by atoms with E-state index in [0.717, 1.165) is 24.8 Å². The van der Waals surface area contributed by atoms with Gasteiger partial charge in [-0.25, -0.2) is 9.37 Å². The number of hydrogen-bond acceptors (Lipinski definition) is 16. The first-order valence-electron chi connectivity index (χ1n) is 29.6. The lowest BCUT2D eigenvalue weighted by molar-refractivity contribution is -0.144. The van der Waals surface area contributed by atoms with Gasteiger partial charge in [-0.05, 0) is 93.3 Å². The number of aromatic nitrogens is 3. The average Bonchev–Trinajstić information content (AvgIpc) is 2.53. The molecule has 3 aliphatic heterocycles. The minimum atomic E-state index is -0.857. The van der Waals surface area contributed by atoms with Crippen molar-refractivity contribution in [2.75, 3.05) is 96.7 Å². The van der Waals surface area contributed by atoms with E-state index in [-0.39, 0.29) is 111 Å². The van der Waals surface area contributed by atoms with Gasteiger partial charge in [0.1, 0.15) is 35.5 Å². The van der Waals surface area contributed by atoms with Gasteiger partial charge in [0.2, 0.25) is 23.6 Å². The highest BCUT2D eigenvalue weighted by Crippen LogP contribution is 2.44. The first-order valence-corrected chi connectivity index (χ1v) is 29.6. The number of carbonyl (C=O) groups excluding carboxylic acids is 5. The summed E-state index contributed by atoms with van der Waals surface area (Å²) in [5, 5.41) is 30.9. The van der Waals surface area contributed by atoms with E-state index in [4.69, 9.17) is 29.8 Å². The van der Waals surface area contributed by atoms with E-state index in [9.17, 15) is 33.6 Å². The molecule has 4 aliphatic rings. The van der Waals surface area contributed by atoms with Crippen LogP contribution in [0.2, 0.25) is 0 Å². The molecule has 2 aromatic carbocycles. The van der Waals surface area contributed by atoms with Gasteiger partial charge in [0.15, 0.2) is 0 Å². The van der Waals surface area contributed by atoms with Crippen LogP contribution in [0.15, 0.2) is 60.8 Å². The molecule has 454 valence electrons. The number of nitriles is 1.